The molecule has 1 heterocycles. The molecule has 0 unspecified atom stereocenters. The van der Waals surface area contributed by atoms with Crippen molar-refractivity contribution < 1.29 is 0 Å². The predicted molar refractivity (Wildman–Crippen MR) is 77.3 cm³/mol. The first-order chi connectivity index (χ1) is 8.08. The highest BCUT2D eigenvalue weighted by Crippen LogP contribution is 2.27. The molecule has 0 saturated carbocycles. The van der Waals surface area contributed by atoms with Gasteiger partial charge in [-0.3, -0.25) is 0 Å². The maximum atomic E-state index is 6.18. The topological polar surface area (TPSA) is 12.0 Å². The third kappa shape index (κ3) is 2.82. The van der Waals surface area contributed by atoms with Gasteiger partial charge in [-0.2, -0.15) is 0 Å². The van der Waals surface area contributed by atoms with E-state index in [1.54, 1.807) is 0 Å². The van der Waals surface area contributed by atoms with Crippen molar-refractivity contribution in [3.05, 3.63) is 50.2 Å². The van der Waals surface area contributed by atoms with Crippen LogP contribution in [-0.4, -0.2) is 0 Å². The van der Waals surface area contributed by atoms with Crippen molar-refractivity contribution in [2.75, 3.05) is 5.32 Å². The van der Waals surface area contributed by atoms with Gasteiger partial charge in [-0.05, 0) is 44.0 Å². The molecule has 3 heteroatoms. The van der Waals surface area contributed by atoms with Crippen molar-refractivity contribution in [3.63, 3.8) is 0 Å². The van der Waals surface area contributed by atoms with Crippen LogP contribution in [-0.2, 0) is 6.54 Å². The molecular weight excluding hydrogens is 250 g/mol. The van der Waals surface area contributed by atoms with Gasteiger partial charge in [0.25, 0.3) is 0 Å². The van der Waals surface area contributed by atoms with Crippen LogP contribution in [0.2, 0.25) is 5.02 Å². The molecule has 90 valence electrons. The minimum atomic E-state index is 0.787. The molecule has 0 amide bonds. The zero-order valence-corrected chi connectivity index (χ0v) is 11.9. The van der Waals surface area contributed by atoms with Crippen LogP contribution in [0.3, 0.4) is 0 Å². The number of benzene rings is 1. The van der Waals surface area contributed by atoms with Gasteiger partial charge in [0.1, 0.15) is 0 Å². The maximum Gasteiger partial charge on any atom is 0.0640 e. The van der Waals surface area contributed by atoms with E-state index in [9.17, 15) is 0 Å². The summed E-state index contributed by atoms with van der Waals surface area (Å²) < 4.78 is 0. The van der Waals surface area contributed by atoms with Crippen molar-refractivity contribution in [1.29, 1.82) is 0 Å². The van der Waals surface area contributed by atoms with Crippen LogP contribution in [0, 0.1) is 20.8 Å². The summed E-state index contributed by atoms with van der Waals surface area (Å²) in [7, 11) is 0. The summed E-state index contributed by atoms with van der Waals surface area (Å²) in [6.45, 7) is 7.21. The predicted octanol–water partition coefficient (Wildman–Crippen LogP) is 4.94. The van der Waals surface area contributed by atoms with E-state index in [1.807, 2.05) is 23.5 Å². The Balaban J connectivity index is 2.15. The second-order valence-corrected chi connectivity index (χ2v) is 6.09. The Morgan fingerprint density at radius 2 is 2.00 bits per heavy atom. The SMILES string of the molecule is Cc1cc(CNc2c(C)cccc2Cl)c(C)s1. The first-order valence-corrected chi connectivity index (χ1v) is 6.82. The Bertz CT molecular complexity index is 511. The molecule has 0 bridgehead atoms. The van der Waals surface area contributed by atoms with Gasteiger partial charge in [0.15, 0.2) is 0 Å². The quantitative estimate of drug-likeness (QED) is 0.829. The molecule has 1 N–H and O–H groups in total. The third-order valence-electron chi connectivity index (χ3n) is 2.82. The Morgan fingerprint density at radius 3 is 2.59 bits per heavy atom. The first-order valence-electron chi connectivity index (χ1n) is 5.63. The number of anilines is 1. The lowest BCUT2D eigenvalue weighted by Crippen LogP contribution is -2.01. The van der Waals surface area contributed by atoms with Crippen LogP contribution >= 0.6 is 22.9 Å². The van der Waals surface area contributed by atoms with Gasteiger partial charge < -0.3 is 5.32 Å². The number of rotatable bonds is 3. The molecule has 1 aromatic heterocycles. The minimum absolute atomic E-state index is 0.787. The summed E-state index contributed by atoms with van der Waals surface area (Å²) >= 11 is 8.02. The summed E-state index contributed by atoms with van der Waals surface area (Å²) in [5.74, 6) is 0. The van der Waals surface area contributed by atoms with E-state index in [-0.39, 0.29) is 0 Å². The van der Waals surface area contributed by atoms with E-state index >= 15 is 0 Å². The number of hydrogen-bond acceptors (Lipinski definition) is 2. The van der Waals surface area contributed by atoms with E-state index in [4.69, 9.17) is 11.6 Å². The molecule has 17 heavy (non-hydrogen) atoms. The van der Waals surface area contributed by atoms with E-state index in [0.717, 1.165) is 17.3 Å². The Morgan fingerprint density at radius 1 is 1.24 bits per heavy atom. The number of aryl methyl sites for hydroxylation is 3. The number of thiophene rings is 1. The monoisotopic (exact) mass is 265 g/mol. The zero-order chi connectivity index (χ0) is 12.4. The van der Waals surface area contributed by atoms with E-state index in [0.29, 0.717) is 0 Å². The Kier molecular flexibility index (Phi) is 3.75. The molecule has 0 aliphatic rings. The first kappa shape index (κ1) is 12.5. The lowest BCUT2D eigenvalue weighted by atomic mass is 10.2. The fourth-order valence-corrected chi connectivity index (χ4v) is 3.13. The number of nitrogens with one attached hydrogen (secondary N) is 1. The highest BCUT2D eigenvalue weighted by Gasteiger charge is 2.06. The molecule has 1 nitrogen and oxygen atoms in total. The van der Waals surface area contributed by atoms with Gasteiger partial charge in [-0.1, -0.05) is 23.7 Å². The van der Waals surface area contributed by atoms with Gasteiger partial charge in [0.2, 0.25) is 0 Å². The standard InChI is InChI=1S/C14H16ClNS/c1-9-5-4-6-13(15)14(9)16-8-12-7-10(2)17-11(12)3/h4-7,16H,8H2,1-3H3. The van der Waals surface area contributed by atoms with Crippen molar-refractivity contribution in [2.24, 2.45) is 0 Å². The van der Waals surface area contributed by atoms with E-state index in [1.165, 1.54) is 20.9 Å². The molecule has 2 rings (SSSR count). The number of halogens is 1. The maximum absolute atomic E-state index is 6.18. The summed E-state index contributed by atoms with van der Waals surface area (Å²) in [6.07, 6.45) is 0. The molecule has 0 atom stereocenters. The molecule has 1 aromatic carbocycles. The average Bonchev–Trinajstić information content (AvgIpc) is 2.57. The normalized spacial score (nSPS) is 10.6. The van der Waals surface area contributed by atoms with Gasteiger partial charge in [-0.15, -0.1) is 11.3 Å². The lowest BCUT2D eigenvalue weighted by Gasteiger charge is -2.11. The van der Waals surface area contributed by atoms with Crippen molar-refractivity contribution in [1.82, 2.24) is 0 Å². The van der Waals surface area contributed by atoms with Crippen LogP contribution in [0.1, 0.15) is 20.9 Å². The van der Waals surface area contributed by atoms with Gasteiger partial charge in [-0.25, -0.2) is 0 Å². The molecule has 0 aliphatic carbocycles. The molecule has 0 fully saturated rings. The van der Waals surface area contributed by atoms with Gasteiger partial charge in [0.05, 0.1) is 10.7 Å². The Labute approximate surface area is 111 Å². The van der Waals surface area contributed by atoms with Crippen LogP contribution in [0.15, 0.2) is 24.3 Å². The summed E-state index contributed by atoms with van der Waals surface area (Å²) in [4.78, 5) is 2.73. The summed E-state index contributed by atoms with van der Waals surface area (Å²) in [5.41, 5.74) is 3.58. The average molecular weight is 266 g/mol. The van der Waals surface area contributed by atoms with Crippen LogP contribution in [0.5, 0.6) is 0 Å². The molecule has 0 aliphatic heterocycles. The highest BCUT2D eigenvalue weighted by molar-refractivity contribution is 7.12. The van der Waals surface area contributed by atoms with Gasteiger partial charge in [0, 0.05) is 16.3 Å². The summed E-state index contributed by atoms with van der Waals surface area (Å²) in [5, 5.41) is 4.21. The van der Waals surface area contributed by atoms with Crippen LogP contribution in [0.4, 0.5) is 5.69 Å². The smallest absolute Gasteiger partial charge is 0.0640 e. The fourth-order valence-electron chi connectivity index (χ4n) is 1.90. The molecular formula is C14H16ClNS. The van der Waals surface area contributed by atoms with Crippen LogP contribution in [0.25, 0.3) is 0 Å². The van der Waals surface area contributed by atoms with Crippen molar-refractivity contribution in [3.8, 4) is 0 Å². The number of hydrogen-bond donors (Lipinski definition) is 1. The van der Waals surface area contributed by atoms with Crippen LogP contribution < -0.4 is 5.32 Å². The number of para-hydroxylation sites is 1. The molecule has 2 aromatic rings. The largest absolute Gasteiger partial charge is 0.380 e. The van der Waals surface area contributed by atoms with Crippen molar-refractivity contribution in [2.45, 2.75) is 27.3 Å². The third-order valence-corrected chi connectivity index (χ3v) is 4.14. The molecule has 0 saturated heterocycles. The lowest BCUT2D eigenvalue weighted by molar-refractivity contribution is 1.13. The summed E-state index contributed by atoms with van der Waals surface area (Å²) in [6, 6.07) is 8.20. The highest BCUT2D eigenvalue weighted by atomic mass is 35.5. The zero-order valence-electron chi connectivity index (χ0n) is 10.3. The second kappa shape index (κ2) is 5.11. The molecule has 0 radical (unpaired) electrons. The van der Waals surface area contributed by atoms with E-state index in [2.05, 4.69) is 38.2 Å². The minimum Gasteiger partial charge on any atom is -0.380 e. The molecule has 0 spiro atoms. The van der Waals surface area contributed by atoms with Crippen molar-refractivity contribution >= 4 is 28.6 Å². The fraction of sp³-hybridized carbons (Fsp3) is 0.286. The van der Waals surface area contributed by atoms with Gasteiger partial charge >= 0.3 is 0 Å². The Hall–Kier alpha value is -0.990. The van der Waals surface area contributed by atoms with E-state index < -0.39 is 0 Å². The second-order valence-electron chi connectivity index (χ2n) is 4.22.